The van der Waals surface area contributed by atoms with Gasteiger partial charge in [0.25, 0.3) is 0 Å². The number of rotatable bonds is 5. The summed E-state index contributed by atoms with van der Waals surface area (Å²) in [5.41, 5.74) is 3.59. The van der Waals surface area contributed by atoms with E-state index in [0.717, 1.165) is 5.56 Å². The average molecular weight is 383 g/mol. The van der Waals surface area contributed by atoms with Gasteiger partial charge in [-0.1, -0.05) is 90.5 Å². The van der Waals surface area contributed by atoms with Crippen molar-refractivity contribution in [3.63, 3.8) is 0 Å². The molecule has 3 aromatic carbocycles. The van der Waals surface area contributed by atoms with E-state index in [-0.39, 0.29) is 23.5 Å². The predicted octanol–water partition coefficient (Wildman–Crippen LogP) is 4.98. The van der Waals surface area contributed by atoms with Gasteiger partial charge in [-0.2, -0.15) is 0 Å². The van der Waals surface area contributed by atoms with Gasteiger partial charge in [0.1, 0.15) is 0 Å². The molecule has 0 spiro atoms. The minimum absolute atomic E-state index is 0.0369. The first kappa shape index (κ1) is 19.3. The molecule has 1 fully saturated rings. The smallest absolute Gasteiger partial charge is 0.168 e. The van der Waals surface area contributed by atoms with Crippen LogP contribution in [0.5, 0.6) is 0 Å². The van der Waals surface area contributed by atoms with Crippen LogP contribution in [0.25, 0.3) is 0 Å². The number of Topliss-reactive ketones (excluding diaryl/α,β-unsaturated/α-hetero) is 2. The highest BCUT2D eigenvalue weighted by Gasteiger charge is 2.48. The van der Waals surface area contributed by atoms with E-state index in [1.165, 1.54) is 5.56 Å². The fourth-order valence-electron chi connectivity index (χ4n) is 4.44. The molecule has 3 heteroatoms. The maximum absolute atomic E-state index is 13.6. The molecular formula is C26H25NO2. The number of carbonyl (C=O) groups excluding carboxylic acids is 2. The molecule has 0 aromatic heterocycles. The summed E-state index contributed by atoms with van der Waals surface area (Å²) >= 11 is 0. The number of likely N-dealkylation sites (tertiary alicyclic amines) is 1. The van der Waals surface area contributed by atoms with Gasteiger partial charge in [-0.15, -0.1) is 0 Å². The Balaban J connectivity index is 1.77. The van der Waals surface area contributed by atoms with Crippen molar-refractivity contribution in [3.05, 3.63) is 107 Å². The molecule has 0 aliphatic carbocycles. The zero-order valence-electron chi connectivity index (χ0n) is 16.8. The van der Waals surface area contributed by atoms with Crippen molar-refractivity contribution in [1.82, 2.24) is 4.90 Å². The molecule has 29 heavy (non-hydrogen) atoms. The first-order valence-electron chi connectivity index (χ1n) is 10.0. The van der Waals surface area contributed by atoms with E-state index in [2.05, 4.69) is 36.1 Å². The molecule has 3 atom stereocenters. The summed E-state index contributed by atoms with van der Waals surface area (Å²) in [5, 5.41) is 0. The third kappa shape index (κ3) is 3.79. The van der Waals surface area contributed by atoms with E-state index in [1.54, 1.807) is 0 Å². The topological polar surface area (TPSA) is 37.4 Å². The highest BCUT2D eigenvalue weighted by Crippen LogP contribution is 2.43. The molecule has 3 aromatic rings. The summed E-state index contributed by atoms with van der Waals surface area (Å²) in [5.74, 6) is -0.713. The van der Waals surface area contributed by atoms with Gasteiger partial charge in [0.2, 0.25) is 0 Å². The van der Waals surface area contributed by atoms with Crippen LogP contribution in [0.4, 0.5) is 0 Å². The van der Waals surface area contributed by atoms with Gasteiger partial charge in [0.15, 0.2) is 11.6 Å². The molecule has 0 radical (unpaired) electrons. The van der Waals surface area contributed by atoms with Crippen molar-refractivity contribution >= 4 is 11.6 Å². The molecule has 3 nitrogen and oxygen atoms in total. The zero-order valence-corrected chi connectivity index (χ0v) is 16.8. The second kappa shape index (κ2) is 8.14. The highest BCUT2D eigenvalue weighted by molar-refractivity contribution is 6.05. The minimum Gasteiger partial charge on any atom is -0.298 e. The monoisotopic (exact) mass is 383 g/mol. The Morgan fingerprint density at radius 3 is 1.83 bits per heavy atom. The largest absolute Gasteiger partial charge is 0.298 e. The minimum atomic E-state index is -0.419. The number of benzene rings is 3. The average Bonchev–Trinajstić information content (AvgIpc) is 3.11. The Hall–Kier alpha value is -3.04. The molecular weight excluding hydrogens is 358 g/mol. The van der Waals surface area contributed by atoms with Gasteiger partial charge in [-0.05, 0) is 19.5 Å². The van der Waals surface area contributed by atoms with Crippen molar-refractivity contribution in [2.45, 2.75) is 13.0 Å². The van der Waals surface area contributed by atoms with Crippen LogP contribution in [0.3, 0.4) is 0 Å². The number of ketones is 2. The van der Waals surface area contributed by atoms with Crippen molar-refractivity contribution in [2.24, 2.45) is 11.8 Å². The van der Waals surface area contributed by atoms with Crippen LogP contribution in [0.2, 0.25) is 0 Å². The fraction of sp³-hybridized carbons (Fsp3) is 0.231. The van der Waals surface area contributed by atoms with Crippen LogP contribution in [0, 0.1) is 18.8 Å². The van der Waals surface area contributed by atoms with E-state index in [0.29, 0.717) is 17.7 Å². The van der Waals surface area contributed by atoms with Crippen molar-refractivity contribution in [1.29, 1.82) is 0 Å². The number of aryl methyl sites for hydroxylation is 1. The third-order valence-corrected chi connectivity index (χ3v) is 5.91. The Morgan fingerprint density at radius 2 is 1.28 bits per heavy atom. The molecule has 0 bridgehead atoms. The van der Waals surface area contributed by atoms with Crippen LogP contribution < -0.4 is 0 Å². The zero-order chi connectivity index (χ0) is 20.4. The van der Waals surface area contributed by atoms with Gasteiger partial charge in [0, 0.05) is 29.6 Å². The quantitative estimate of drug-likeness (QED) is 0.583. The van der Waals surface area contributed by atoms with Gasteiger partial charge in [0.05, 0.1) is 5.92 Å². The Morgan fingerprint density at radius 1 is 0.759 bits per heavy atom. The van der Waals surface area contributed by atoms with Gasteiger partial charge >= 0.3 is 0 Å². The first-order chi connectivity index (χ1) is 14.1. The molecule has 0 saturated carbocycles. The number of hydrogen-bond acceptors (Lipinski definition) is 3. The molecule has 1 saturated heterocycles. The maximum Gasteiger partial charge on any atom is 0.168 e. The highest BCUT2D eigenvalue weighted by atomic mass is 16.1. The molecule has 1 aliphatic heterocycles. The van der Waals surface area contributed by atoms with Gasteiger partial charge in [-0.25, -0.2) is 0 Å². The normalized spacial score (nSPS) is 21.8. The van der Waals surface area contributed by atoms with Crippen LogP contribution in [-0.4, -0.2) is 30.1 Å². The number of hydrogen-bond donors (Lipinski definition) is 0. The van der Waals surface area contributed by atoms with Crippen molar-refractivity contribution in [2.75, 3.05) is 13.6 Å². The molecule has 1 heterocycles. The summed E-state index contributed by atoms with van der Waals surface area (Å²) in [6.45, 7) is 2.62. The Kier molecular flexibility index (Phi) is 5.41. The SMILES string of the molecule is Cc1ccc([C@H]2[C@@H](C(=O)c3ccccc3)[C@H](C(=O)c3ccccc3)CN2C)cc1. The summed E-state index contributed by atoms with van der Waals surface area (Å²) in [7, 11) is 2.01. The lowest BCUT2D eigenvalue weighted by atomic mass is 9.78. The maximum atomic E-state index is 13.6. The lowest BCUT2D eigenvalue weighted by Gasteiger charge is -2.26. The molecule has 0 amide bonds. The van der Waals surface area contributed by atoms with Gasteiger partial charge < -0.3 is 0 Å². The van der Waals surface area contributed by atoms with Crippen molar-refractivity contribution < 1.29 is 9.59 Å². The summed E-state index contributed by atoms with van der Waals surface area (Å²) in [6.07, 6.45) is 0. The fourth-order valence-corrected chi connectivity index (χ4v) is 4.44. The van der Waals surface area contributed by atoms with Gasteiger partial charge in [-0.3, -0.25) is 14.5 Å². The van der Waals surface area contributed by atoms with E-state index < -0.39 is 5.92 Å². The van der Waals surface area contributed by atoms with Crippen LogP contribution in [0.1, 0.15) is 37.9 Å². The number of nitrogens with zero attached hydrogens (tertiary/aromatic N) is 1. The van der Waals surface area contributed by atoms with Crippen molar-refractivity contribution in [3.8, 4) is 0 Å². The Labute approximate surface area is 172 Å². The molecule has 4 rings (SSSR count). The van der Waals surface area contributed by atoms with E-state index >= 15 is 0 Å². The molecule has 0 unspecified atom stereocenters. The van der Waals surface area contributed by atoms with Crippen LogP contribution in [0.15, 0.2) is 84.9 Å². The molecule has 1 aliphatic rings. The summed E-state index contributed by atoms with van der Waals surface area (Å²) < 4.78 is 0. The summed E-state index contributed by atoms with van der Waals surface area (Å²) in [6, 6.07) is 26.8. The summed E-state index contributed by atoms with van der Waals surface area (Å²) in [4.78, 5) is 29.2. The third-order valence-electron chi connectivity index (χ3n) is 5.91. The predicted molar refractivity (Wildman–Crippen MR) is 115 cm³/mol. The second-order valence-electron chi connectivity index (χ2n) is 7.89. The lowest BCUT2D eigenvalue weighted by Crippen LogP contribution is -2.30. The van der Waals surface area contributed by atoms with E-state index in [9.17, 15) is 9.59 Å². The standard InChI is InChI=1S/C26H25NO2/c1-18-13-15-19(16-14-18)24-23(26(29)21-11-7-4-8-12-21)22(17-27(24)2)25(28)20-9-5-3-6-10-20/h3-16,22-24H,17H2,1-2H3/t22-,23+,24+/m1/s1. The van der Waals surface area contributed by atoms with Crippen LogP contribution >= 0.6 is 0 Å². The number of carbonyl (C=O) groups is 2. The van der Waals surface area contributed by atoms with E-state index in [4.69, 9.17) is 0 Å². The Bertz CT molecular complexity index is 996. The van der Waals surface area contributed by atoms with Crippen LogP contribution in [-0.2, 0) is 0 Å². The second-order valence-corrected chi connectivity index (χ2v) is 7.89. The first-order valence-corrected chi connectivity index (χ1v) is 10.0. The molecule has 146 valence electrons. The lowest BCUT2D eigenvalue weighted by molar-refractivity contribution is 0.0785. The van der Waals surface area contributed by atoms with E-state index in [1.807, 2.05) is 67.7 Å². The molecule has 0 N–H and O–H groups in total.